The molecular formula is C17H14ClF2N3O3. The molecule has 1 amide bonds. The van der Waals surface area contributed by atoms with E-state index in [0.29, 0.717) is 18.5 Å². The Morgan fingerprint density at radius 3 is 2.81 bits per heavy atom. The maximum absolute atomic E-state index is 13.9. The number of amides is 1. The molecule has 136 valence electrons. The average Bonchev–Trinajstić information content (AvgIpc) is 2.62. The highest BCUT2D eigenvalue weighted by Gasteiger charge is 2.19. The Kier molecular flexibility index (Phi) is 5.32. The number of halogens is 3. The summed E-state index contributed by atoms with van der Waals surface area (Å²) >= 11 is 5.69. The van der Waals surface area contributed by atoms with Gasteiger partial charge in [0.15, 0.2) is 5.82 Å². The van der Waals surface area contributed by atoms with E-state index >= 15 is 0 Å². The first-order valence-corrected chi connectivity index (χ1v) is 8.08. The molecule has 0 radical (unpaired) electrons. The summed E-state index contributed by atoms with van der Waals surface area (Å²) in [5, 5.41) is 9.20. The van der Waals surface area contributed by atoms with E-state index in [-0.39, 0.29) is 35.4 Å². The smallest absolute Gasteiger partial charge is 0.407 e. The third-order valence-electron chi connectivity index (χ3n) is 3.86. The van der Waals surface area contributed by atoms with Gasteiger partial charge in [-0.1, -0.05) is 23.7 Å². The van der Waals surface area contributed by atoms with Crippen LogP contribution in [-0.2, 0) is 6.61 Å². The van der Waals surface area contributed by atoms with Crippen molar-refractivity contribution in [1.82, 2.24) is 14.9 Å². The van der Waals surface area contributed by atoms with Crippen molar-refractivity contribution in [2.45, 2.75) is 13.0 Å². The minimum Gasteiger partial charge on any atom is -0.471 e. The Bertz CT molecular complexity index is 876. The molecule has 1 aromatic carbocycles. The van der Waals surface area contributed by atoms with Gasteiger partial charge in [-0.2, -0.15) is 9.37 Å². The molecule has 1 N–H and O–H groups in total. The minimum absolute atomic E-state index is 0.206. The number of benzene rings is 1. The van der Waals surface area contributed by atoms with E-state index < -0.39 is 17.7 Å². The number of carboxylic acid groups (broad SMARTS) is 1. The highest BCUT2D eigenvalue weighted by atomic mass is 35.5. The van der Waals surface area contributed by atoms with E-state index in [0.717, 1.165) is 12.3 Å². The lowest BCUT2D eigenvalue weighted by Crippen LogP contribution is -2.33. The van der Waals surface area contributed by atoms with Crippen LogP contribution in [0.25, 0.3) is 5.57 Å². The second kappa shape index (κ2) is 7.65. The molecule has 0 spiro atoms. The number of aromatic nitrogens is 2. The molecule has 0 saturated heterocycles. The molecule has 0 atom stereocenters. The Labute approximate surface area is 152 Å². The molecule has 0 saturated carbocycles. The monoisotopic (exact) mass is 381 g/mol. The van der Waals surface area contributed by atoms with Crippen LogP contribution in [0.5, 0.6) is 5.88 Å². The maximum Gasteiger partial charge on any atom is 0.407 e. The van der Waals surface area contributed by atoms with Crippen molar-refractivity contribution in [2.75, 3.05) is 13.1 Å². The van der Waals surface area contributed by atoms with E-state index in [1.54, 1.807) is 6.08 Å². The summed E-state index contributed by atoms with van der Waals surface area (Å²) in [5.41, 5.74) is 0.910. The lowest BCUT2D eigenvalue weighted by Gasteiger charge is -2.23. The zero-order valence-corrected chi connectivity index (χ0v) is 14.2. The number of nitrogens with zero attached hydrogens (tertiary/aromatic N) is 3. The summed E-state index contributed by atoms with van der Waals surface area (Å²) in [6, 6.07) is 4.09. The van der Waals surface area contributed by atoms with Crippen LogP contribution in [0.4, 0.5) is 13.6 Å². The molecule has 0 bridgehead atoms. The zero-order chi connectivity index (χ0) is 18.7. The van der Waals surface area contributed by atoms with Crippen molar-refractivity contribution < 1.29 is 23.4 Å². The van der Waals surface area contributed by atoms with Gasteiger partial charge in [0.05, 0.1) is 6.20 Å². The molecular weight excluding hydrogens is 368 g/mol. The third-order valence-corrected chi connectivity index (χ3v) is 4.09. The van der Waals surface area contributed by atoms with Gasteiger partial charge in [-0.15, -0.1) is 0 Å². The van der Waals surface area contributed by atoms with Crippen LogP contribution in [0.15, 0.2) is 30.5 Å². The van der Waals surface area contributed by atoms with Gasteiger partial charge >= 0.3 is 6.09 Å². The van der Waals surface area contributed by atoms with Crippen molar-refractivity contribution in [3.63, 3.8) is 0 Å². The Morgan fingerprint density at radius 1 is 1.35 bits per heavy atom. The molecule has 0 aliphatic carbocycles. The van der Waals surface area contributed by atoms with Crippen molar-refractivity contribution in [2.24, 2.45) is 0 Å². The standard InChI is InChI=1S/C17H14ClF2N3O3/c18-12-2-1-11(13(19)7-12)9-26-16-14(20)8-21-15(22-16)10-3-5-23(6-4-10)17(24)25/h1-3,7-8H,4-6,9H2,(H,24,25). The topological polar surface area (TPSA) is 75.5 Å². The van der Waals surface area contributed by atoms with E-state index in [4.69, 9.17) is 21.4 Å². The number of ether oxygens (including phenoxy) is 1. The highest BCUT2D eigenvalue weighted by Crippen LogP contribution is 2.23. The molecule has 2 heterocycles. The van der Waals surface area contributed by atoms with Gasteiger partial charge in [0.2, 0.25) is 5.82 Å². The summed E-state index contributed by atoms with van der Waals surface area (Å²) < 4.78 is 33.0. The minimum atomic E-state index is -1.01. The molecule has 2 aromatic rings. The molecule has 0 fully saturated rings. The number of rotatable bonds is 4. The molecule has 1 aromatic heterocycles. The number of carbonyl (C=O) groups is 1. The molecule has 9 heteroatoms. The average molecular weight is 382 g/mol. The van der Waals surface area contributed by atoms with Crippen LogP contribution in [0.2, 0.25) is 5.02 Å². The van der Waals surface area contributed by atoms with Crippen LogP contribution < -0.4 is 4.74 Å². The Hall–Kier alpha value is -2.74. The quantitative estimate of drug-likeness (QED) is 0.872. The molecule has 0 unspecified atom stereocenters. The number of hydrogen-bond donors (Lipinski definition) is 1. The maximum atomic E-state index is 13.9. The third kappa shape index (κ3) is 4.08. The molecule has 26 heavy (non-hydrogen) atoms. The summed E-state index contributed by atoms with van der Waals surface area (Å²) in [4.78, 5) is 20.1. The fourth-order valence-electron chi connectivity index (χ4n) is 2.44. The van der Waals surface area contributed by atoms with Crippen molar-refractivity contribution in [3.05, 3.63) is 58.5 Å². The summed E-state index contributed by atoms with van der Waals surface area (Å²) in [6.45, 7) is 0.286. The van der Waals surface area contributed by atoms with E-state index in [1.807, 2.05) is 0 Å². The van der Waals surface area contributed by atoms with Gasteiger partial charge in [-0.05, 0) is 24.1 Å². The van der Waals surface area contributed by atoms with Crippen molar-refractivity contribution in [1.29, 1.82) is 0 Å². The normalized spacial score (nSPS) is 14.1. The van der Waals surface area contributed by atoms with E-state index in [2.05, 4.69) is 9.97 Å². The summed E-state index contributed by atoms with van der Waals surface area (Å²) in [5.74, 6) is -1.38. The van der Waals surface area contributed by atoms with Gasteiger partial charge in [0.1, 0.15) is 12.4 Å². The van der Waals surface area contributed by atoms with Gasteiger partial charge in [-0.3, -0.25) is 0 Å². The second-order valence-corrected chi connectivity index (χ2v) is 6.02. The molecule has 1 aliphatic heterocycles. The predicted octanol–water partition coefficient (Wildman–Crippen LogP) is 3.75. The van der Waals surface area contributed by atoms with Crippen LogP contribution >= 0.6 is 11.6 Å². The molecule has 3 rings (SSSR count). The lowest BCUT2D eigenvalue weighted by atomic mass is 10.1. The summed E-state index contributed by atoms with van der Waals surface area (Å²) in [6.07, 6.45) is 2.05. The van der Waals surface area contributed by atoms with Crippen molar-refractivity contribution >= 4 is 23.3 Å². The first kappa shape index (κ1) is 18.1. The van der Waals surface area contributed by atoms with Crippen LogP contribution in [0, 0.1) is 11.6 Å². The highest BCUT2D eigenvalue weighted by molar-refractivity contribution is 6.30. The Morgan fingerprint density at radius 2 is 2.15 bits per heavy atom. The first-order valence-electron chi connectivity index (χ1n) is 7.70. The largest absolute Gasteiger partial charge is 0.471 e. The van der Waals surface area contributed by atoms with Gasteiger partial charge in [0.25, 0.3) is 5.88 Å². The predicted molar refractivity (Wildman–Crippen MR) is 89.9 cm³/mol. The van der Waals surface area contributed by atoms with Crippen LogP contribution in [-0.4, -0.2) is 39.2 Å². The fourth-order valence-corrected chi connectivity index (χ4v) is 2.60. The fraction of sp³-hybridized carbons (Fsp3) is 0.235. The van der Waals surface area contributed by atoms with Crippen LogP contribution in [0.3, 0.4) is 0 Å². The molecule has 1 aliphatic rings. The zero-order valence-electron chi connectivity index (χ0n) is 13.5. The number of hydrogen-bond acceptors (Lipinski definition) is 4. The second-order valence-electron chi connectivity index (χ2n) is 5.58. The molecule has 6 nitrogen and oxygen atoms in total. The van der Waals surface area contributed by atoms with E-state index in [9.17, 15) is 13.6 Å². The SMILES string of the molecule is O=C(O)N1CC=C(c2ncc(F)c(OCc3ccc(Cl)cc3F)n2)CC1. The van der Waals surface area contributed by atoms with Gasteiger partial charge in [0, 0.05) is 23.7 Å². The van der Waals surface area contributed by atoms with Gasteiger partial charge in [-0.25, -0.2) is 14.2 Å². The van der Waals surface area contributed by atoms with Crippen LogP contribution in [0.1, 0.15) is 17.8 Å². The van der Waals surface area contributed by atoms with Crippen molar-refractivity contribution in [3.8, 4) is 5.88 Å². The first-order chi connectivity index (χ1) is 12.4. The van der Waals surface area contributed by atoms with Gasteiger partial charge < -0.3 is 14.7 Å². The van der Waals surface area contributed by atoms with E-state index in [1.165, 1.54) is 17.0 Å². The summed E-state index contributed by atoms with van der Waals surface area (Å²) in [7, 11) is 0. The lowest BCUT2D eigenvalue weighted by molar-refractivity contribution is 0.150. The Balaban J connectivity index is 1.75.